The molecule has 0 aromatic rings. The van der Waals surface area contributed by atoms with Crippen LogP contribution in [0, 0.1) is 5.92 Å². The lowest BCUT2D eigenvalue weighted by atomic mass is 9.84. The third-order valence-electron chi connectivity index (χ3n) is 2.24. The topological polar surface area (TPSA) is 60.7 Å². The summed E-state index contributed by atoms with van der Waals surface area (Å²) in [5.41, 5.74) is 0. The van der Waals surface area contributed by atoms with Crippen LogP contribution in [-0.2, 0) is 0 Å². The van der Waals surface area contributed by atoms with E-state index in [9.17, 15) is 10.2 Å². The molecule has 3 nitrogen and oxygen atoms in total. The quantitative estimate of drug-likeness (QED) is 0.431. The second-order valence-corrected chi connectivity index (χ2v) is 3.12. The number of aliphatic hydroxyl groups is 3. The molecule has 0 aromatic heterocycles. The van der Waals surface area contributed by atoms with Crippen molar-refractivity contribution in [3.05, 3.63) is 0 Å². The molecule has 1 aliphatic carbocycles. The standard InChI is InChI=1S/C7H14O3/c1-4-6(9)2-5(8)3-7(4)10/h4-10H,2-3H2,1H3/t4?,5?,6-,7+. The SMILES string of the molecule is CC1[C@H](O)CC(O)C[C@@H]1O. The molecule has 0 spiro atoms. The number of hydrogen-bond donors (Lipinski definition) is 3. The van der Waals surface area contributed by atoms with E-state index >= 15 is 0 Å². The minimum atomic E-state index is -0.543. The first-order valence-electron chi connectivity index (χ1n) is 3.65. The predicted octanol–water partition coefficient (Wildman–Crippen LogP) is -0.501. The Bertz CT molecular complexity index is 103. The van der Waals surface area contributed by atoms with Crippen LogP contribution in [0.25, 0.3) is 0 Å². The van der Waals surface area contributed by atoms with Crippen molar-refractivity contribution in [3.8, 4) is 0 Å². The molecule has 1 saturated carbocycles. The van der Waals surface area contributed by atoms with Gasteiger partial charge in [0.15, 0.2) is 0 Å². The zero-order chi connectivity index (χ0) is 7.72. The van der Waals surface area contributed by atoms with Crippen molar-refractivity contribution in [1.82, 2.24) is 0 Å². The maximum absolute atomic E-state index is 9.20. The minimum absolute atomic E-state index is 0.0941. The van der Waals surface area contributed by atoms with Crippen molar-refractivity contribution in [2.24, 2.45) is 5.92 Å². The van der Waals surface area contributed by atoms with Crippen LogP contribution in [0.2, 0.25) is 0 Å². The van der Waals surface area contributed by atoms with Gasteiger partial charge in [0.2, 0.25) is 0 Å². The summed E-state index contributed by atoms with van der Waals surface area (Å²) in [5.74, 6) is -0.0941. The highest BCUT2D eigenvalue weighted by atomic mass is 16.3. The molecule has 10 heavy (non-hydrogen) atoms. The summed E-state index contributed by atoms with van der Waals surface area (Å²) in [6, 6.07) is 0. The molecule has 3 heteroatoms. The Kier molecular flexibility index (Phi) is 2.28. The van der Waals surface area contributed by atoms with Gasteiger partial charge in [0.25, 0.3) is 0 Å². The molecule has 1 rings (SSSR count). The second-order valence-electron chi connectivity index (χ2n) is 3.12. The molecular weight excluding hydrogens is 132 g/mol. The molecule has 0 amide bonds. The fourth-order valence-electron chi connectivity index (χ4n) is 1.34. The summed E-state index contributed by atoms with van der Waals surface area (Å²) in [6.07, 6.45) is -0.810. The first-order valence-corrected chi connectivity index (χ1v) is 3.65. The highest BCUT2D eigenvalue weighted by molar-refractivity contribution is 4.82. The second kappa shape index (κ2) is 2.86. The van der Waals surface area contributed by atoms with Crippen LogP contribution in [0.15, 0.2) is 0 Å². The zero-order valence-electron chi connectivity index (χ0n) is 6.07. The summed E-state index contributed by atoms with van der Waals surface area (Å²) >= 11 is 0. The van der Waals surface area contributed by atoms with E-state index in [2.05, 4.69) is 0 Å². The van der Waals surface area contributed by atoms with Crippen LogP contribution in [0.1, 0.15) is 19.8 Å². The predicted molar refractivity (Wildman–Crippen MR) is 36.4 cm³/mol. The molecule has 3 N–H and O–H groups in total. The monoisotopic (exact) mass is 146 g/mol. The molecule has 0 radical (unpaired) electrons. The van der Waals surface area contributed by atoms with Gasteiger partial charge in [0.1, 0.15) is 0 Å². The van der Waals surface area contributed by atoms with Crippen LogP contribution in [0.5, 0.6) is 0 Å². The van der Waals surface area contributed by atoms with Gasteiger partial charge in [-0.15, -0.1) is 0 Å². The number of rotatable bonds is 0. The Morgan fingerprint density at radius 3 is 1.80 bits per heavy atom. The van der Waals surface area contributed by atoms with Gasteiger partial charge in [-0.05, 0) is 12.8 Å². The lowest BCUT2D eigenvalue weighted by Crippen LogP contribution is -2.40. The maximum Gasteiger partial charge on any atom is 0.0615 e. The van der Waals surface area contributed by atoms with E-state index < -0.39 is 18.3 Å². The van der Waals surface area contributed by atoms with E-state index in [0.717, 1.165) is 0 Å². The van der Waals surface area contributed by atoms with Crippen LogP contribution >= 0.6 is 0 Å². The normalized spacial score (nSPS) is 49.2. The average Bonchev–Trinajstić information content (AvgIpc) is 1.82. The lowest BCUT2D eigenvalue weighted by Gasteiger charge is -2.32. The highest BCUT2D eigenvalue weighted by Gasteiger charge is 2.31. The molecule has 4 atom stereocenters. The first kappa shape index (κ1) is 7.98. The van der Waals surface area contributed by atoms with Gasteiger partial charge in [-0.2, -0.15) is 0 Å². The summed E-state index contributed by atoms with van der Waals surface area (Å²) in [4.78, 5) is 0. The Morgan fingerprint density at radius 1 is 1.00 bits per heavy atom. The largest absolute Gasteiger partial charge is 0.393 e. The van der Waals surface area contributed by atoms with Gasteiger partial charge in [-0.3, -0.25) is 0 Å². The lowest BCUT2D eigenvalue weighted by molar-refractivity contribution is -0.0651. The smallest absolute Gasteiger partial charge is 0.0615 e. The van der Waals surface area contributed by atoms with Gasteiger partial charge in [-0.1, -0.05) is 6.92 Å². The summed E-state index contributed by atoms with van der Waals surface area (Å²) < 4.78 is 0. The molecule has 2 unspecified atom stereocenters. The van der Waals surface area contributed by atoms with Gasteiger partial charge in [0, 0.05) is 5.92 Å². The van der Waals surface area contributed by atoms with E-state index in [4.69, 9.17) is 5.11 Å². The average molecular weight is 146 g/mol. The first-order chi connectivity index (χ1) is 4.61. The number of hydrogen-bond acceptors (Lipinski definition) is 3. The molecule has 0 saturated heterocycles. The van der Waals surface area contributed by atoms with E-state index in [1.54, 1.807) is 6.92 Å². The fourth-order valence-corrected chi connectivity index (χ4v) is 1.34. The van der Waals surface area contributed by atoms with Crippen molar-refractivity contribution < 1.29 is 15.3 Å². The van der Waals surface area contributed by atoms with Crippen LogP contribution < -0.4 is 0 Å². The van der Waals surface area contributed by atoms with Crippen molar-refractivity contribution in [1.29, 1.82) is 0 Å². The van der Waals surface area contributed by atoms with Crippen molar-refractivity contribution in [2.45, 2.75) is 38.1 Å². The molecule has 0 bridgehead atoms. The third kappa shape index (κ3) is 1.48. The molecule has 1 aliphatic rings. The van der Waals surface area contributed by atoms with Gasteiger partial charge >= 0.3 is 0 Å². The minimum Gasteiger partial charge on any atom is -0.393 e. The van der Waals surface area contributed by atoms with Gasteiger partial charge < -0.3 is 15.3 Å². The fraction of sp³-hybridized carbons (Fsp3) is 1.00. The van der Waals surface area contributed by atoms with E-state index in [0.29, 0.717) is 12.8 Å². The van der Waals surface area contributed by atoms with Gasteiger partial charge in [0.05, 0.1) is 18.3 Å². The van der Waals surface area contributed by atoms with Crippen molar-refractivity contribution in [2.75, 3.05) is 0 Å². The van der Waals surface area contributed by atoms with Crippen LogP contribution in [0.3, 0.4) is 0 Å². The van der Waals surface area contributed by atoms with Crippen molar-refractivity contribution in [3.63, 3.8) is 0 Å². The van der Waals surface area contributed by atoms with Crippen molar-refractivity contribution >= 4 is 0 Å². The maximum atomic E-state index is 9.20. The Morgan fingerprint density at radius 2 is 1.40 bits per heavy atom. The molecular formula is C7H14O3. The molecule has 0 aliphatic heterocycles. The summed E-state index contributed by atoms with van der Waals surface area (Å²) in [6.45, 7) is 1.79. The Labute approximate surface area is 60.3 Å². The van der Waals surface area contributed by atoms with Crippen LogP contribution in [-0.4, -0.2) is 33.6 Å². The Balaban J connectivity index is 2.49. The van der Waals surface area contributed by atoms with E-state index in [1.165, 1.54) is 0 Å². The summed E-state index contributed by atoms with van der Waals surface area (Å²) in [5, 5.41) is 27.4. The summed E-state index contributed by atoms with van der Waals surface area (Å²) in [7, 11) is 0. The van der Waals surface area contributed by atoms with Crippen LogP contribution in [0.4, 0.5) is 0 Å². The Hall–Kier alpha value is -0.120. The molecule has 60 valence electrons. The highest BCUT2D eigenvalue weighted by Crippen LogP contribution is 2.24. The number of aliphatic hydroxyl groups excluding tert-OH is 3. The molecule has 0 aromatic carbocycles. The van der Waals surface area contributed by atoms with Gasteiger partial charge in [-0.25, -0.2) is 0 Å². The molecule has 0 heterocycles. The molecule has 1 fully saturated rings. The zero-order valence-corrected chi connectivity index (χ0v) is 6.07. The van der Waals surface area contributed by atoms with E-state index in [-0.39, 0.29) is 5.92 Å². The van der Waals surface area contributed by atoms with E-state index in [1.807, 2.05) is 0 Å². The third-order valence-corrected chi connectivity index (χ3v) is 2.24.